The molecule has 2 aromatic carbocycles. The highest BCUT2D eigenvalue weighted by Crippen LogP contribution is 2.35. The summed E-state index contributed by atoms with van der Waals surface area (Å²) in [7, 11) is 0. The molecule has 4 heteroatoms. The number of hydrogen-bond donors (Lipinski definition) is 1. The molecule has 20 heavy (non-hydrogen) atoms. The maximum atomic E-state index is 13.4. The Morgan fingerprint density at radius 3 is 2.65 bits per heavy atom. The zero-order chi connectivity index (χ0) is 14.1. The molecule has 0 saturated heterocycles. The monoisotopic (exact) mass is 271 g/mol. The van der Waals surface area contributed by atoms with Crippen LogP contribution in [0, 0.1) is 5.82 Å². The number of rotatable bonds is 3. The van der Waals surface area contributed by atoms with E-state index in [4.69, 9.17) is 0 Å². The van der Waals surface area contributed by atoms with Gasteiger partial charge >= 0.3 is 5.97 Å². The highest BCUT2D eigenvalue weighted by Gasteiger charge is 2.32. The zero-order valence-electron chi connectivity index (χ0n) is 10.8. The number of fused-ring (bicyclic) bond motifs is 1. The lowest BCUT2D eigenvalue weighted by Crippen LogP contribution is -2.32. The first-order valence-electron chi connectivity index (χ1n) is 6.49. The molecule has 1 atom stereocenters. The number of carboxylic acids is 1. The van der Waals surface area contributed by atoms with Crippen LogP contribution in [-0.4, -0.2) is 17.6 Å². The molecular formula is C16H14FNO2. The van der Waals surface area contributed by atoms with Crippen LogP contribution in [0.3, 0.4) is 0 Å². The van der Waals surface area contributed by atoms with Crippen LogP contribution in [0.4, 0.5) is 10.1 Å². The number of aliphatic carboxylic acids is 1. The van der Waals surface area contributed by atoms with Crippen molar-refractivity contribution >= 4 is 11.7 Å². The summed E-state index contributed by atoms with van der Waals surface area (Å²) in [6.45, 7) is 0.588. The number of anilines is 1. The maximum absolute atomic E-state index is 13.4. The van der Waals surface area contributed by atoms with Crippen LogP contribution in [0.2, 0.25) is 0 Å². The Morgan fingerprint density at radius 1 is 1.20 bits per heavy atom. The third-order valence-corrected chi connectivity index (χ3v) is 3.64. The predicted octanol–water partition coefficient (Wildman–Crippen LogP) is 3.01. The van der Waals surface area contributed by atoms with E-state index in [9.17, 15) is 14.3 Å². The fraction of sp³-hybridized carbons (Fsp3) is 0.188. The molecule has 1 heterocycles. The topological polar surface area (TPSA) is 40.5 Å². The minimum absolute atomic E-state index is 0.340. The van der Waals surface area contributed by atoms with Gasteiger partial charge in [-0.3, -0.25) is 0 Å². The van der Waals surface area contributed by atoms with Crippen LogP contribution < -0.4 is 4.90 Å². The number of halogens is 1. The van der Waals surface area contributed by atoms with Crippen molar-refractivity contribution in [1.82, 2.24) is 0 Å². The zero-order valence-corrected chi connectivity index (χ0v) is 10.8. The lowest BCUT2D eigenvalue weighted by molar-refractivity contribution is -0.138. The molecule has 1 aliphatic rings. The Hall–Kier alpha value is -2.36. The largest absolute Gasteiger partial charge is 0.479 e. The fourth-order valence-electron chi connectivity index (χ4n) is 2.74. The molecule has 0 aromatic heterocycles. The molecule has 0 radical (unpaired) electrons. The number of benzene rings is 2. The van der Waals surface area contributed by atoms with Crippen LogP contribution in [0.15, 0.2) is 48.5 Å². The summed E-state index contributed by atoms with van der Waals surface area (Å²) in [5.74, 6) is -1.26. The van der Waals surface area contributed by atoms with E-state index in [-0.39, 0.29) is 5.82 Å². The standard InChI is InChI=1S/C16H14FNO2/c17-13-7-6-11-8-9-18(14(11)10-13)15(16(19)20)12-4-2-1-3-5-12/h1-7,10,15H,8-9H2,(H,19,20). The highest BCUT2D eigenvalue weighted by molar-refractivity contribution is 5.81. The predicted molar refractivity (Wildman–Crippen MR) is 74.3 cm³/mol. The molecule has 1 unspecified atom stereocenters. The lowest BCUT2D eigenvalue weighted by Gasteiger charge is -2.27. The van der Waals surface area contributed by atoms with Crippen molar-refractivity contribution in [3.05, 3.63) is 65.5 Å². The summed E-state index contributed by atoms with van der Waals surface area (Å²) < 4.78 is 13.4. The number of carbonyl (C=O) groups is 1. The van der Waals surface area contributed by atoms with E-state index in [2.05, 4.69) is 0 Å². The Bertz CT molecular complexity index is 642. The second-order valence-corrected chi connectivity index (χ2v) is 4.87. The second kappa shape index (κ2) is 4.96. The number of hydrogen-bond acceptors (Lipinski definition) is 2. The van der Waals surface area contributed by atoms with E-state index >= 15 is 0 Å². The van der Waals surface area contributed by atoms with Crippen LogP contribution in [0.5, 0.6) is 0 Å². The van der Waals surface area contributed by atoms with E-state index in [1.54, 1.807) is 23.1 Å². The summed E-state index contributed by atoms with van der Waals surface area (Å²) in [5.41, 5.74) is 2.38. The van der Waals surface area contributed by atoms with Gasteiger partial charge in [0.15, 0.2) is 6.04 Å². The summed E-state index contributed by atoms with van der Waals surface area (Å²) in [4.78, 5) is 13.4. The summed E-state index contributed by atoms with van der Waals surface area (Å²) in [5, 5.41) is 9.55. The minimum atomic E-state index is -0.923. The third-order valence-electron chi connectivity index (χ3n) is 3.64. The molecule has 0 saturated carbocycles. The van der Waals surface area contributed by atoms with E-state index in [0.29, 0.717) is 17.8 Å². The Morgan fingerprint density at radius 2 is 1.95 bits per heavy atom. The first-order chi connectivity index (χ1) is 9.66. The van der Waals surface area contributed by atoms with Gasteiger partial charge in [-0.25, -0.2) is 9.18 Å². The van der Waals surface area contributed by atoms with Crippen LogP contribution in [-0.2, 0) is 11.2 Å². The summed E-state index contributed by atoms with van der Waals surface area (Å²) in [6, 6.07) is 12.8. The van der Waals surface area contributed by atoms with Gasteiger partial charge in [0.2, 0.25) is 0 Å². The highest BCUT2D eigenvalue weighted by atomic mass is 19.1. The van der Waals surface area contributed by atoms with E-state index in [1.807, 2.05) is 18.2 Å². The van der Waals surface area contributed by atoms with Gasteiger partial charge in [-0.05, 0) is 29.7 Å². The van der Waals surface area contributed by atoms with Crippen LogP contribution in [0.1, 0.15) is 17.2 Å². The van der Waals surface area contributed by atoms with Crippen molar-refractivity contribution in [3.8, 4) is 0 Å². The van der Waals surface area contributed by atoms with Crippen molar-refractivity contribution in [2.24, 2.45) is 0 Å². The molecule has 1 aliphatic heterocycles. The van der Waals surface area contributed by atoms with Gasteiger partial charge in [0.05, 0.1) is 0 Å². The van der Waals surface area contributed by atoms with Gasteiger partial charge in [-0.1, -0.05) is 36.4 Å². The van der Waals surface area contributed by atoms with Crippen LogP contribution in [0.25, 0.3) is 0 Å². The average Bonchev–Trinajstić information content (AvgIpc) is 2.83. The third kappa shape index (κ3) is 2.13. The quantitative estimate of drug-likeness (QED) is 0.933. The van der Waals surface area contributed by atoms with Gasteiger partial charge in [-0.2, -0.15) is 0 Å². The van der Waals surface area contributed by atoms with Crippen molar-refractivity contribution < 1.29 is 14.3 Å². The smallest absolute Gasteiger partial charge is 0.331 e. The first-order valence-corrected chi connectivity index (χ1v) is 6.49. The van der Waals surface area contributed by atoms with Crippen molar-refractivity contribution in [3.63, 3.8) is 0 Å². The van der Waals surface area contributed by atoms with Gasteiger partial charge in [-0.15, -0.1) is 0 Å². The van der Waals surface area contributed by atoms with Gasteiger partial charge < -0.3 is 10.0 Å². The van der Waals surface area contributed by atoms with Gasteiger partial charge in [0.25, 0.3) is 0 Å². The fourth-order valence-corrected chi connectivity index (χ4v) is 2.74. The molecular weight excluding hydrogens is 257 g/mol. The SMILES string of the molecule is O=C(O)C(c1ccccc1)N1CCc2ccc(F)cc21. The summed E-state index contributed by atoms with van der Waals surface area (Å²) in [6.07, 6.45) is 0.742. The number of carboxylic acid groups (broad SMARTS) is 1. The Labute approximate surface area is 116 Å². The molecule has 0 spiro atoms. The molecule has 102 valence electrons. The minimum Gasteiger partial charge on any atom is -0.479 e. The van der Waals surface area contributed by atoms with Crippen LogP contribution >= 0.6 is 0 Å². The average molecular weight is 271 g/mol. The van der Waals surface area contributed by atoms with E-state index in [0.717, 1.165) is 12.0 Å². The molecule has 3 rings (SSSR count). The molecule has 2 aromatic rings. The lowest BCUT2D eigenvalue weighted by atomic mass is 10.1. The molecule has 0 amide bonds. The molecule has 1 N–H and O–H groups in total. The normalized spacial score (nSPS) is 14.9. The van der Waals surface area contributed by atoms with E-state index in [1.165, 1.54) is 12.1 Å². The van der Waals surface area contributed by atoms with Crippen molar-refractivity contribution in [2.45, 2.75) is 12.5 Å². The van der Waals surface area contributed by atoms with E-state index < -0.39 is 12.0 Å². The van der Waals surface area contributed by atoms with Gasteiger partial charge in [0.1, 0.15) is 5.82 Å². The Kier molecular flexibility index (Phi) is 3.14. The number of nitrogens with zero attached hydrogens (tertiary/aromatic N) is 1. The van der Waals surface area contributed by atoms with Gasteiger partial charge in [0, 0.05) is 12.2 Å². The summed E-state index contributed by atoms with van der Waals surface area (Å²) >= 11 is 0. The molecule has 0 aliphatic carbocycles. The van der Waals surface area contributed by atoms with Crippen molar-refractivity contribution in [2.75, 3.05) is 11.4 Å². The van der Waals surface area contributed by atoms with Crippen molar-refractivity contribution in [1.29, 1.82) is 0 Å². The Balaban J connectivity index is 2.04. The molecule has 0 bridgehead atoms. The first kappa shape index (κ1) is 12.7. The molecule has 0 fully saturated rings. The molecule has 3 nitrogen and oxygen atoms in total. The second-order valence-electron chi connectivity index (χ2n) is 4.87. The maximum Gasteiger partial charge on any atom is 0.331 e.